The average Bonchev–Trinajstić information content (AvgIpc) is 2.46. The van der Waals surface area contributed by atoms with Gasteiger partial charge in [0.2, 0.25) is 0 Å². The number of benzene rings is 2. The van der Waals surface area contributed by atoms with Gasteiger partial charge in [-0.15, -0.1) is 0 Å². The molecule has 0 aliphatic rings. The van der Waals surface area contributed by atoms with Crippen molar-refractivity contribution in [3.8, 4) is 11.5 Å². The maximum atomic E-state index is 13.5. The lowest BCUT2D eigenvalue weighted by atomic mass is 9.98. The van der Waals surface area contributed by atoms with E-state index in [2.05, 4.69) is 15.9 Å². The van der Waals surface area contributed by atoms with Crippen LogP contribution in [0.4, 0.5) is 4.39 Å². The quantitative estimate of drug-likeness (QED) is 0.867. The molecule has 6 heteroatoms. The Morgan fingerprint density at radius 3 is 2.52 bits per heavy atom. The zero-order chi connectivity index (χ0) is 15.6. The fourth-order valence-corrected chi connectivity index (χ4v) is 3.07. The summed E-state index contributed by atoms with van der Waals surface area (Å²) in [5, 5.41) is 0.530. The van der Waals surface area contributed by atoms with E-state index in [1.165, 1.54) is 13.2 Å². The summed E-state index contributed by atoms with van der Waals surface area (Å²) < 4.78 is 24.5. The third-order valence-corrected chi connectivity index (χ3v) is 3.92. The van der Waals surface area contributed by atoms with E-state index in [-0.39, 0.29) is 5.75 Å². The third kappa shape index (κ3) is 3.31. The van der Waals surface area contributed by atoms with E-state index in [1.807, 2.05) is 0 Å². The van der Waals surface area contributed by atoms with Gasteiger partial charge in [-0.25, -0.2) is 4.39 Å². The van der Waals surface area contributed by atoms with Crippen LogP contribution < -0.4 is 15.2 Å². The number of nitrogens with two attached hydrogens (primary N) is 1. The smallest absolute Gasteiger partial charge is 0.165 e. The van der Waals surface area contributed by atoms with E-state index < -0.39 is 11.9 Å². The second-order valence-corrected chi connectivity index (χ2v) is 5.67. The second-order valence-electron chi connectivity index (χ2n) is 4.38. The molecule has 2 rings (SSSR count). The van der Waals surface area contributed by atoms with Gasteiger partial charge in [0.05, 0.1) is 24.7 Å². The molecule has 3 nitrogen and oxygen atoms in total. The molecule has 0 amide bonds. The number of hydrogen-bond acceptors (Lipinski definition) is 3. The summed E-state index contributed by atoms with van der Waals surface area (Å²) in [5.41, 5.74) is 7.66. The molecule has 0 aliphatic heterocycles. The van der Waals surface area contributed by atoms with Gasteiger partial charge in [0.15, 0.2) is 11.6 Å². The molecule has 2 aromatic rings. The lowest BCUT2D eigenvalue weighted by Crippen LogP contribution is -2.13. The first-order chi connectivity index (χ1) is 9.97. The van der Waals surface area contributed by atoms with Crippen LogP contribution in [0.2, 0.25) is 5.02 Å². The minimum atomic E-state index is -0.524. The van der Waals surface area contributed by atoms with Crippen molar-refractivity contribution in [2.24, 2.45) is 5.73 Å². The summed E-state index contributed by atoms with van der Waals surface area (Å²) in [6.07, 6.45) is 0. The van der Waals surface area contributed by atoms with Crippen molar-refractivity contribution in [2.45, 2.75) is 6.04 Å². The fraction of sp³-hybridized carbons (Fsp3) is 0.200. The third-order valence-electron chi connectivity index (χ3n) is 3.11. The van der Waals surface area contributed by atoms with E-state index in [1.54, 1.807) is 31.4 Å². The first-order valence-electron chi connectivity index (χ1n) is 6.10. The summed E-state index contributed by atoms with van der Waals surface area (Å²) in [4.78, 5) is 0. The molecule has 1 atom stereocenters. The molecule has 0 bridgehead atoms. The van der Waals surface area contributed by atoms with E-state index in [4.69, 9.17) is 26.8 Å². The van der Waals surface area contributed by atoms with Crippen molar-refractivity contribution in [1.29, 1.82) is 0 Å². The summed E-state index contributed by atoms with van der Waals surface area (Å²) in [5.74, 6) is 0.297. The van der Waals surface area contributed by atoms with Crippen LogP contribution in [0.5, 0.6) is 11.5 Å². The number of methoxy groups -OCH3 is 2. The highest BCUT2D eigenvalue weighted by Gasteiger charge is 2.19. The van der Waals surface area contributed by atoms with Gasteiger partial charge in [0.25, 0.3) is 0 Å². The molecule has 2 aromatic carbocycles. The maximum absolute atomic E-state index is 13.5. The number of hydrogen-bond donors (Lipinski definition) is 1. The summed E-state index contributed by atoms with van der Waals surface area (Å²) in [6, 6.07) is 7.42. The van der Waals surface area contributed by atoms with Crippen LogP contribution in [0.1, 0.15) is 17.2 Å². The zero-order valence-electron chi connectivity index (χ0n) is 11.5. The lowest BCUT2D eigenvalue weighted by molar-refractivity contribution is 0.385. The van der Waals surface area contributed by atoms with Crippen LogP contribution in [0.25, 0.3) is 0 Å². The number of halogens is 3. The van der Waals surface area contributed by atoms with Crippen LogP contribution in [-0.2, 0) is 0 Å². The van der Waals surface area contributed by atoms with E-state index in [0.717, 1.165) is 0 Å². The predicted molar refractivity (Wildman–Crippen MR) is 84.7 cm³/mol. The normalized spacial score (nSPS) is 12.1. The highest BCUT2D eigenvalue weighted by molar-refractivity contribution is 9.10. The molecular formula is C15H14BrClFNO2. The monoisotopic (exact) mass is 373 g/mol. The lowest BCUT2D eigenvalue weighted by Gasteiger charge is -2.18. The van der Waals surface area contributed by atoms with E-state index >= 15 is 0 Å². The minimum Gasteiger partial charge on any atom is -0.495 e. The van der Waals surface area contributed by atoms with E-state index in [0.29, 0.717) is 26.4 Å². The Kier molecular flexibility index (Phi) is 5.08. The fourth-order valence-electron chi connectivity index (χ4n) is 2.08. The van der Waals surface area contributed by atoms with Gasteiger partial charge >= 0.3 is 0 Å². The number of rotatable bonds is 4. The molecule has 2 N–H and O–H groups in total. The molecule has 0 radical (unpaired) electrons. The van der Waals surface area contributed by atoms with Crippen molar-refractivity contribution in [2.75, 3.05) is 14.2 Å². The zero-order valence-corrected chi connectivity index (χ0v) is 13.8. The maximum Gasteiger partial charge on any atom is 0.165 e. The minimum absolute atomic E-state index is 0.142. The molecule has 0 saturated carbocycles. The molecule has 112 valence electrons. The predicted octanol–water partition coefficient (Wildman–Crippen LogP) is 4.31. The Morgan fingerprint density at radius 2 is 1.90 bits per heavy atom. The van der Waals surface area contributed by atoms with Gasteiger partial charge < -0.3 is 15.2 Å². The number of ether oxygens (including phenoxy) is 2. The SMILES string of the molecule is COc1cc(C(N)c2cc(Cl)cc(Br)c2OC)ccc1F. The van der Waals surface area contributed by atoms with Gasteiger partial charge in [-0.05, 0) is 45.8 Å². The van der Waals surface area contributed by atoms with Crippen molar-refractivity contribution in [3.05, 3.63) is 56.8 Å². The van der Waals surface area contributed by atoms with Crippen LogP contribution in [0.3, 0.4) is 0 Å². The van der Waals surface area contributed by atoms with Crippen molar-refractivity contribution < 1.29 is 13.9 Å². The molecule has 0 aliphatic carbocycles. The standard InChI is InChI=1S/C15H14BrClFNO2/c1-20-13-5-8(3-4-12(13)18)14(19)10-6-9(17)7-11(16)15(10)21-2/h3-7,14H,19H2,1-2H3. The summed E-state index contributed by atoms with van der Waals surface area (Å²) in [6.45, 7) is 0. The molecule has 0 fully saturated rings. The van der Waals surface area contributed by atoms with Crippen molar-refractivity contribution >= 4 is 27.5 Å². The Morgan fingerprint density at radius 1 is 1.19 bits per heavy atom. The van der Waals surface area contributed by atoms with Gasteiger partial charge in [-0.2, -0.15) is 0 Å². The highest BCUT2D eigenvalue weighted by atomic mass is 79.9. The molecule has 0 aromatic heterocycles. The van der Waals surface area contributed by atoms with Crippen molar-refractivity contribution in [3.63, 3.8) is 0 Å². The van der Waals surface area contributed by atoms with Gasteiger partial charge in [-0.1, -0.05) is 17.7 Å². The molecule has 1 unspecified atom stereocenters. The summed E-state index contributed by atoms with van der Waals surface area (Å²) in [7, 11) is 2.96. The van der Waals surface area contributed by atoms with Gasteiger partial charge in [0.1, 0.15) is 5.75 Å². The topological polar surface area (TPSA) is 44.5 Å². The molecule has 0 heterocycles. The van der Waals surface area contributed by atoms with Crippen LogP contribution in [-0.4, -0.2) is 14.2 Å². The first-order valence-corrected chi connectivity index (χ1v) is 7.27. The van der Waals surface area contributed by atoms with Gasteiger partial charge in [-0.3, -0.25) is 0 Å². The molecular weight excluding hydrogens is 361 g/mol. The molecule has 21 heavy (non-hydrogen) atoms. The molecule has 0 saturated heterocycles. The highest BCUT2D eigenvalue weighted by Crippen LogP contribution is 2.38. The van der Waals surface area contributed by atoms with Crippen LogP contribution in [0, 0.1) is 5.82 Å². The average molecular weight is 375 g/mol. The largest absolute Gasteiger partial charge is 0.495 e. The van der Waals surface area contributed by atoms with Crippen LogP contribution >= 0.6 is 27.5 Å². The van der Waals surface area contributed by atoms with Gasteiger partial charge in [0, 0.05) is 10.6 Å². The Labute approximate surface area is 135 Å². The Bertz CT molecular complexity index is 666. The Hall–Kier alpha value is -1.30. The second kappa shape index (κ2) is 6.64. The molecule has 0 spiro atoms. The van der Waals surface area contributed by atoms with E-state index in [9.17, 15) is 4.39 Å². The van der Waals surface area contributed by atoms with Crippen molar-refractivity contribution in [1.82, 2.24) is 0 Å². The van der Waals surface area contributed by atoms with Crippen LogP contribution in [0.15, 0.2) is 34.8 Å². The summed E-state index contributed by atoms with van der Waals surface area (Å²) >= 11 is 9.46. The Balaban J connectivity index is 2.51. The first kappa shape index (κ1) is 16.1.